The fraction of sp³-hybridized carbons (Fsp3) is 0.317. The van der Waals surface area contributed by atoms with Crippen molar-refractivity contribution in [2.24, 2.45) is 0 Å². The Bertz CT molecular complexity index is 1560. The zero-order valence-electron chi connectivity index (χ0n) is 28.0. The molecule has 0 radical (unpaired) electrons. The largest absolute Gasteiger partial charge is 1.00 e. The Balaban J connectivity index is 0.00000576. The molecule has 3 nitrogen and oxygen atoms in total. The van der Waals surface area contributed by atoms with E-state index in [4.69, 9.17) is 0 Å². The highest BCUT2D eigenvalue weighted by molar-refractivity contribution is 7.95. The van der Waals surface area contributed by atoms with E-state index in [0.29, 0.717) is 12.2 Å². The number of hydrogen-bond donors (Lipinski definition) is 1. The molecular formula is C41H46BrN2OP. The molecule has 46 heavy (non-hydrogen) atoms. The quantitative estimate of drug-likeness (QED) is 0.120. The maximum absolute atomic E-state index is 11.3. The molecule has 0 aromatic heterocycles. The van der Waals surface area contributed by atoms with Crippen molar-refractivity contribution >= 4 is 28.7 Å². The van der Waals surface area contributed by atoms with Gasteiger partial charge in [0, 0.05) is 11.1 Å². The maximum atomic E-state index is 11.3. The second-order valence-electron chi connectivity index (χ2n) is 13.8. The molecule has 0 unspecified atom stereocenters. The minimum atomic E-state index is -1.91. The second-order valence-corrected chi connectivity index (χ2v) is 17.5. The molecule has 0 fully saturated rings. The van der Waals surface area contributed by atoms with Crippen LogP contribution in [0.5, 0.6) is 5.75 Å². The van der Waals surface area contributed by atoms with Crippen LogP contribution in [0.25, 0.3) is 5.57 Å². The summed E-state index contributed by atoms with van der Waals surface area (Å²) in [4.78, 5) is 0. The van der Waals surface area contributed by atoms with Crippen molar-refractivity contribution in [2.45, 2.75) is 78.1 Å². The van der Waals surface area contributed by atoms with E-state index in [1.54, 1.807) is 0 Å². The standard InChI is InChI=1S/C41H45N2OP.BrH/c1-40(2,3)37-27-31(28-38(39(37)44)41(4,5)6)36(32(29-42)30-43)25-17-10-18-26-45(33-19-11-7-12-20-33,34-21-13-8-14-22-34)35-23-15-9-16-24-35;/h7-9,11-16,19-24,27-28H,10,17-18,25-26H2,1-6H3;1H. The number of unbranched alkanes of at least 4 members (excludes halogenated alkanes) is 2. The molecule has 0 atom stereocenters. The van der Waals surface area contributed by atoms with E-state index in [9.17, 15) is 15.6 Å². The molecule has 0 aliphatic rings. The van der Waals surface area contributed by atoms with Gasteiger partial charge in [0.1, 0.15) is 46.6 Å². The SMILES string of the molecule is CC(C)(C)c1cc(C(CCCCC[P+](c2ccccc2)(c2ccccc2)c2ccccc2)=C(C#N)C#N)cc(C(C)(C)C)c1O.[Br-]. The topological polar surface area (TPSA) is 67.8 Å². The molecule has 4 rings (SSSR count). The molecule has 0 spiro atoms. The molecule has 5 heteroatoms. The number of benzene rings is 4. The third-order valence-corrected chi connectivity index (χ3v) is 13.1. The second kappa shape index (κ2) is 15.7. The van der Waals surface area contributed by atoms with Crippen molar-refractivity contribution in [3.8, 4) is 17.9 Å². The summed E-state index contributed by atoms with van der Waals surface area (Å²) in [6.45, 7) is 12.5. The molecule has 0 aliphatic heterocycles. The number of phenolic OH excluding ortho intramolecular Hbond substituents is 1. The molecule has 1 N–H and O–H groups in total. The van der Waals surface area contributed by atoms with E-state index in [-0.39, 0.29) is 33.4 Å². The van der Waals surface area contributed by atoms with E-state index >= 15 is 0 Å². The zero-order chi connectivity index (χ0) is 32.7. The van der Waals surface area contributed by atoms with Crippen LogP contribution in [0.15, 0.2) is 109 Å². The number of aromatic hydroxyl groups is 1. The van der Waals surface area contributed by atoms with Gasteiger partial charge in [0.05, 0.1) is 6.16 Å². The van der Waals surface area contributed by atoms with Gasteiger partial charge in [-0.1, -0.05) is 96.1 Å². The Morgan fingerprint density at radius 3 is 1.37 bits per heavy atom. The number of phenols is 1. The Labute approximate surface area is 287 Å². The molecule has 0 heterocycles. The predicted molar refractivity (Wildman–Crippen MR) is 192 cm³/mol. The highest BCUT2D eigenvalue weighted by atomic mass is 79.9. The first-order chi connectivity index (χ1) is 21.4. The molecule has 238 valence electrons. The highest BCUT2D eigenvalue weighted by Gasteiger charge is 2.44. The number of halogens is 1. The minimum absolute atomic E-state index is 0. The van der Waals surface area contributed by atoms with Crippen LogP contribution >= 0.6 is 7.26 Å². The van der Waals surface area contributed by atoms with Crippen LogP contribution in [0.1, 0.15) is 83.9 Å². The van der Waals surface area contributed by atoms with E-state index in [2.05, 4.69) is 145 Å². The molecule has 4 aromatic carbocycles. The first kappa shape index (κ1) is 36.8. The Kier molecular flexibility index (Phi) is 12.6. The lowest BCUT2D eigenvalue weighted by Gasteiger charge is -2.29. The fourth-order valence-electron chi connectivity index (χ4n) is 6.24. The van der Waals surface area contributed by atoms with E-state index in [0.717, 1.165) is 47.7 Å². The van der Waals surface area contributed by atoms with Crippen molar-refractivity contribution in [3.05, 3.63) is 125 Å². The summed E-state index contributed by atoms with van der Waals surface area (Å²) in [6, 6.07) is 41.2. The number of hydrogen-bond acceptors (Lipinski definition) is 3. The van der Waals surface area contributed by atoms with Crippen molar-refractivity contribution in [1.82, 2.24) is 0 Å². The van der Waals surface area contributed by atoms with Gasteiger partial charge >= 0.3 is 0 Å². The van der Waals surface area contributed by atoms with Gasteiger partial charge in [0.25, 0.3) is 0 Å². The van der Waals surface area contributed by atoms with Gasteiger partial charge < -0.3 is 22.1 Å². The summed E-state index contributed by atoms with van der Waals surface area (Å²) in [5.41, 5.74) is 2.85. The third-order valence-electron chi connectivity index (χ3n) is 8.61. The summed E-state index contributed by atoms with van der Waals surface area (Å²) in [5, 5.41) is 35.4. The normalized spacial score (nSPS) is 11.6. The number of nitrogens with zero attached hydrogens (tertiary/aromatic N) is 2. The predicted octanol–water partition coefficient (Wildman–Crippen LogP) is 6.35. The van der Waals surface area contributed by atoms with Crippen LogP contribution in [0.3, 0.4) is 0 Å². The van der Waals surface area contributed by atoms with Gasteiger partial charge in [-0.3, -0.25) is 0 Å². The van der Waals surface area contributed by atoms with Gasteiger partial charge in [0.15, 0.2) is 0 Å². The highest BCUT2D eigenvalue weighted by Crippen LogP contribution is 2.56. The lowest BCUT2D eigenvalue weighted by atomic mass is 9.77. The van der Waals surface area contributed by atoms with Gasteiger partial charge in [0.2, 0.25) is 0 Å². The Morgan fingerprint density at radius 2 is 1.02 bits per heavy atom. The van der Waals surface area contributed by atoms with E-state index < -0.39 is 7.26 Å². The lowest BCUT2D eigenvalue weighted by Crippen LogP contribution is -3.00. The number of nitriles is 2. The molecule has 0 bridgehead atoms. The van der Waals surface area contributed by atoms with Crippen molar-refractivity contribution < 1.29 is 22.1 Å². The van der Waals surface area contributed by atoms with Crippen molar-refractivity contribution in [1.29, 1.82) is 10.5 Å². The average Bonchev–Trinajstić information content (AvgIpc) is 3.03. The molecule has 4 aromatic rings. The average molecular weight is 694 g/mol. The third kappa shape index (κ3) is 8.17. The van der Waals surface area contributed by atoms with E-state index in [1.165, 1.54) is 15.9 Å². The van der Waals surface area contributed by atoms with Crippen LogP contribution in [-0.2, 0) is 10.8 Å². The number of rotatable bonds is 10. The molecule has 0 aliphatic carbocycles. The van der Waals surface area contributed by atoms with Crippen LogP contribution < -0.4 is 32.9 Å². The van der Waals surface area contributed by atoms with Crippen LogP contribution in [0.4, 0.5) is 0 Å². The van der Waals surface area contributed by atoms with Gasteiger partial charge in [-0.25, -0.2) is 0 Å². The zero-order valence-corrected chi connectivity index (χ0v) is 30.5. The monoisotopic (exact) mass is 692 g/mol. The Morgan fingerprint density at radius 1 is 0.630 bits per heavy atom. The van der Waals surface area contributed by atoms with Crippen LogP contribution in [-0.4, -0.2) is 11.3 Å². The summed E-state index contributed by atoms with van der Waals surface area (Å²) in [7, 11) is -1.91. The summed E-state index contributed by atoms with van der Waals surface area (Å²) >= 11 is 0. The number of allylic oxidation sites excluding steroid dienone is 2. The summed E-state index contributed by atoms with van der Waals surface area (Å²) in [5.74, 6) is 0.302. The summed E-state index contributed by atoms with van der Waals surface area (Å²) in [6.07, 6.45) is 4.51. The lowest BCUT2D eigenvalue weighted by molar-refractivity contribution is -0.0000116. The molecule has 0 saturated heterocycles. The van der Waals surface area contributed by atoms with Crippen molar-refractivity contribution in [2.75, 3.05) is 6.16 Å². The van der Waals surface area contributed by atoms with Crippen molar-refractivity contribution in [3.63, 3.8) is 0 Å². The van der Waals surface area contributed by atoms with Gasteiger partial charge in [-0.2, -0.15) is 10.5 Å². The van der Waals surface area contributed by atoms with Gasteiger partial charge in [-0.15, -0.1) is 0 Å². The smallest absolute Gasteiger partial charge is 0.133 e. The van der Waals surface area contributed by atoms with E-state index in [1.807, 2.05) is 12.1 Å². The molecule has 0 amide bonds. The molecule has 0 saturated carbocycles. The van der Waals surface area contributed by atoms with Gasteiger partial charge in [-0.05, 0) is 96.2 Å². The molecular weight excluding hydrogens is 647 g/mol. The first-order valence-electron chi connectivity index (χ1n) is 15.9. The maximum Gasteiger partial charge on any atom is 0.133 e. The summed E-state index contributed by atoms with van der Waals surface area (Å²) < 4.78 is 0. The van der Waals surface area contributed by atoms with Crippen LogP contribution in [0.2, 0.25) is 0 Å². The fourth-order valence-corrected chi connectivity index (χ4v) is 10.6. The van der Waals surface area contributed by atoms with Crippen LogP contribution in [0, 0.1) is 22.7 Å². The Hall–Kier alpha value is -3.69. The first-order valence-corrected chi connectivity index (χ1v) is 17.9. The minimum Gasteiger partial charge on any atom is -1.00 e.